The molecule has 210 valence electrons. The highest BCUT2D eigenvalue weighted by atomic mass is 35.5. The van der Waals surface area contributed by atoms with Gasteiger partial charge in [-0.15, -0.1) is 0 Å². The summed E-state index contributed by atoms with van der Waals surface area (Å²) >= 11 is 12.3. The number of nitrogens with one attached hydrogen (secondary N) is 3. The molecule has 0 aliphatic carbocycles. The first kappa shape index (κ1) is 28.3. The minimum Gasteiger partial charge on any atom is -0.376 e. The van der Waals surface area contributed by atoms with Crippen molar-refractivity contribution in [3.63, 3.8) is 0 Å². The lowest BCUT2D eigenvalue weighted by molar-refractivity contribution is 0.0858. The molecule has 2 fully saturated rings. The van der Waals surface area contributed by atoms with Gasteiger partial charge in [0.2, 0.25) is 0 Å². The van der Waals surface area contributed by atoms with Crippen LogP contribution in [-0.4, -0.2) is 44.3 Å². The Hall–Kier alpha value is -3.26. The van der Waals surface area contributed by atoms with E-state index in [1.165, 1.54) is 5.56 Å². The van der Waals surface area contributed by atoms with Gasteiger partial charge in [0.1, 0.15) is 0 Å². The predicted octanol–water partition coefficient (Wildman–Crippen LogP) is 7.01. The molecule has 3 aromatic carbocycles. The molecule has 0 bridgehead atoms. The number of nitrogens with zero attached hydrogens (tertiary/aromatic N) is 1. The number of amides is 3. The second-order valence-corrected chi connectivity index (χ2v) is 11.2. The number of hydrogen-bond acceptors (Lipinski definition) is 4. The highest BCUT2D eigenvalue weighted by Gasteiger charge is 2.25. The van der Waals surface area contributed by atoms with Crippen LogP contribution in [0.4, 0.5) is 21.9 Å². The van der Waals surface area contributed by atoms with Crippen LogP contribution in [0.25, 0.3) is 0 Å². The number of carbonyl (C=O) groups excluding carboxylic acids is 2. The van der Waals surface area contributed by atoms with Crippen molar-refractivity contribution in [2.45, 2.75) is 38.2 Å². The number of ether oxygens (including phenoxy) is 1. The van der Waals surface area contributed by atoms with Gasteiger partial charge in [0.25, 0.3) is 5.91 Å². The SMILES string of the molecule is O=C(Nc1ccc(N2CCC(Cc3ccccc3)CC2)c(C(=O)NCC2CCCO2)c1)Nc1cccc(Cl)c1Cl. The van der Waals surface area contributed by atoms with Gasteiger partial charge in [0, 0.05) is 37.6 Å². The van der Waals surface area contributed by atoms with Crippen molar-refractivity contribution in [3.8, 4) is 0 Å². The largest absolute Gasteiger partial charge is 0.376 e. The average molecular weight is 582 g/mol. The lowest BCUT2D eigenvalue weighted by atomic mass is 9.89. The molecule has 9 heteroatoms. The van der Waals surface area contributed by atoms with Crippen LogP contribution >= 0.6 is 23.2 Å². The number of anilines is 3. The van der Waals surface area contributed by atoms with Gasteiger partial charge < -0.3 is 25.6 Å². The van der Waals surface area contributed by atoms with E-state index in [1.54, 1.807) is 24.3 Å². The molecule has 2 aliphatic heterocycles. The molecular formula is C31H34Cl2N4O3. The summed E-state index contributed by atoms with van der Waals surface area (Å²) in [5, 5.41) is 9.20. The summed E-state index contributed by atoms with van der Waals surface area (Å²) in [6.07, 6.45) is 5.15. The number of carbonyl (C=O) groups is 2. The van der Waals surface area contributed by atoms with Gasteiger partial charge in [-0.1, -0.05) is 59.6 Å². The fraction of sp³-hybridized carbons (Fsp3) is 0.355. The van der Waals surface area contributed by atoms with Crippen LogP contribution in [0, 0.1) is 5.92 Å². The van der Waals surface area contributed by atoms with Gasteiger partial charge in [-0.25, -0.2) is 4.79 Å². The van der Waals surface area contributed by atoms with Gasteiger partial charge in [0.15, 0.2) is 0 Å². The summed E-state index contributed by atoms with van der Waals surface area (Å²) in [5.41, 5.74) is 3.66. The van der Waals surface area contributed by atoms with Crippen LogP contribution in [0.3, 0.4) is 0 Å². The Morgan fingerprint density at radius 2 is 1.73 bits per heavy atom. The van der Waals surface area contributed by atoms with Crippen molar-refractivity contribution < 1.29 is 14.3 Å². The Kier molecular flexibility index (Phi) is 9.47. The third-order valence-electron chi connectivity index (χ3n) is 7.54. The number of rotatable bonds is 8. The molecule has 2 heterocycles. The quantitative estimate of drug-likeness (QED) is 0.268. The van der Waals surface area contributed by atoms with E-state index in [-0.39, 0.29) is 17.0 Å². The fourth-order valence-electron chi connectivity index (χ4n) is 5.39. The molecule has 1 atom stereocenters. The van der Waals surface area contributed by atoms with E-state index in [1.807, 2.05) is 18.2 Å². The van der Waals surface area contributed by atoms with Crippen molar-refractivity contribution in [1.29, 1.82) is 0 Å². The predicted molar refractivity (Wildman–Crippen MR) is 162 cm³/mol. The molecule has 0 saturated carbocycles. The topological polar surface area (TPSA) is 82.7 Å². The minimum atomic E-state index is -0.482. The smallest absolute Gasteiger partial charge is 0.323 e. The van der Waals surface area contributed by atoms with Gasteiger partial charge in [0.05, 0.1) is 27.4 Å². The first-order chi connectivity index (χ1) is 19.5. The standard InChI is InChI=1S/C31H34Cl2N4O3/c32-26-9-4-10-27(29(26)33)36-31(39)35-23-11-12-28(25(19-23)30(38)34-20-24-8-5-17-40-24)37-15-13-22(14-16-37)18-21-6-2-1-3-7-21/h1-4,6-7,9-12,19,22,24H,5,8,13-18,20H2,(H,34,38)(H2,35,36,39). The fourth-order valence-corrected chi connectivity index (χ4v) is 5.74. The Bertz CT molecular complexity index is 1320. The van der Waals surface area contributed by atoms with E-state index in [4.69, 9.17) is 27.9 Å². The molecule has 3 aromatic rings. The third-order valence-corrected chi connectivity index (χ3v) is 8.35. The molecule has 2 saturated heterocycles. The van der Waals surface area contributed by atoms with Gasteiger partial charge in [-0.2, -0.15) is 0 Å². The lowest BCUT2D eigenvalue weighted by Gasteiger charge is -2.35. The summed E-state index contributed by atoms with van der Waals surface area (Å²) < 4.78 is 5.69. The van der Waals surface area contributed by atoms with E-state index in [9.17, 15) is 9.59 Å². The van der Waals surface area contributed by atoms with E-state index < -0.39 is 6.03 Å². The first-order valence-corrected chi connectivity index (χ1v) is 14.6. The van der Waals surface area contributed by atoms with Gasteiger partial charge in [-0.3, -0.25) is 4.79 Å². The Morgan fingerprint density at radius 1 is 0.925 bits per heavy atom. The van der Waals surface area contributed by atoms with Crippen molar-refractivity contribution >= 4 is 52.2 Å². The van der Waals surface area contributed by atoms with E-state index in [2.05, 4.69) is 45.1 Å². The summed E-state index contributed by atoms with van der Waals surface area (Å²) in [5.74, 6) is 0.428. The van der Waals surface area contributed by atoms with Gasteiger partial charge >= 0.3 is 6.03 Å². The molecule has 2 aliphatic rings. The number of benzene rings is 3. The summed E-state index contributed by atoms with van der Waals surface area (Å²) in [7, 11) is 0. The molecule has 0 aromatic heterocycles. The van der Waals surface area contributed by atoms with Crippen LogP contribution < -0.4 is 20.9 Å². The summed E-state index contributed by atoms with van der Waals surface area (Å²) in [4.78, 5) is 28.5. The summed E-state index contributed by atoms with van der Waals surface area (Å²) in [6.45, 7) is 2.92. The number of halogens is 2. The van der Waals surface area contributed by atoms with E-state index >= 15 is 0 Å². The van der Waals surface area contributed by atoms with E-state index in [0.717, 1.165) is 57.5 Å². The minimum absolute atomic E-state index is 0.0376. The van der Waals surface area contributed by atoms with Crippen LogP contribution in [0.1, 0.15) is 41.6 Å². The molecule has 1 unspecified atom stereocenters. The Balaban J connectivity index is 1.29. The highest BCUT2D eigenvalue weighted by molar-refractivity contribution is 6.44. The zero-order valence-electron chi connectivity index (χ0n) is 22.3. The number of urea groups is 1. The molecule has 0 radical (unpaired) electrons. The average Bonchev–Trinajstić information content (AvgIpc) is 3.49. The second-order valence-electron chi connectivity index (χ2n) is 10.4. The first-order valence-electron chi connectivity index (χ1n) is 13.8. The molecule has 3 N–H and O–H groups in total. The van der Waals surface area contributed by atoms with Crippen LogP contribution in [0.15, 0.2) is 66.7 Å². The number of hydrogen-bond donors (Lipinski definition) is 3. The van der Waals surface area contributed by atoms with Gasteiger partial charge in [-0.05, 0) is 73.9 Å². The van der Waals surface area contributed by atoms with Crippen LogP contribution in [0.5, 0.6) is 0 Å². The van der Waals surface area contributed by atoms with Crippen molar-refractivity contribution in [1.82, 2.24) is 5.32 Å². The molecular weight excluding hydrogens is 547 g/mol. The van der Waals surface area contributed by atoms with E-state index in [0.29, 0.717) is 34.4 Å². The maximum atomic E-state index is 13.4. The normalized spacial score (nSPS) is 17.4. The van der Waals surface area contributed by atoms with Crippen molar-refractivity contribution in [2.24, 2.45) is 5.92 Å². The molecule has 3 amide bonds. The maximum Gasteiger partial charge on any atom is 0.323 e. The van der Waals surface area contributed by atoms with Crippen LogP contribution in [-0.2, 0) is 11.2 Å². The zero-order chi connectivity index (χ0) is 27.9. The number of piperidine rings is 1. The monoisotopic (exact) mass is 580 g/mol. The second kappa shape index (κ2) is 13.4. The van der Waals surface area contributed by atoms with Crippen molar-refractivity contribution in [3.05, 3.63) is 87.9 Å². The molecule has 7 nitrogen and oxygen atoms in total. The lowest BCUT2D eigenvalue weighted by Crippen LogP contribution is -2.37. The van der Waals surface area contributed by atoms with Crippen LogP contribution in [0.2, 0.25) is 10.0 Å². The third kappa shape index (κ3) is 7.27. The molecule has 40 heavy (non-hydrogen) atoms. The maximum absolute atomic E-state index is 13.4. The molecule has 0 spiro atoms. The van der Waals surface area contributed by atoms with Crippen molar-refractivity contribution in [2.75, 3.05) is 41.8 Å². The Labute approximate surface area is 245 Å². The summed E-state index contributed by atoms with van der Waals surface area (Å²) in [6, 6.07) is 20.6. The highest BCUT2D eigenvalue weighted by Crippen LogP contribution is 2.32. The Morgan fingerprint density at radius 3 is 2.48 bits per heavy atom. The molecule has 5 rings (SSSR count). The zero-order valence-corrected chi connectivity index (χ0v) is 23.8.